The van der Waals surface area contributed by atoms with Gasteiger partial charge < -0.3 is 21.1 Å². The maximum atomic E-state index is 12.8. The monoisotopic (exact) mass is 331 g/mol. The van der Waals surface area contributed by atoms with Gasteiger partial charge in [-0.3, -0.25) is 0 Å². The van der Waals surface area contributed by atoms with Crippen molar-refractivity contribution < 1.29 is 23.1 Å². The van der Waals surface area contributed by atoms with E-state index in [-0.39, 0.29) is 31.5 Å². The van der Waals surface area contributed by atoms with Gasteiger partial charge in [0.05, 0.1) is 28.5 Å². The molecule has 0 aliphatic carbocycles. The van der Waals surface area contributed by atoms with Crippen LogP contribution in [0.3, 0.4) is 0 Å². The highest BCUT2D eigenvalue weighted by Crippen LogP contribution is 2.40. The van der Waals surface area contributed by atoms with Crippen LogP contribution >= 0.6 is 0 Å². The van der Waals surface area contributed by atoms with Crippen LogP contribution in [0.1, 0.15) is 28.8 Å². The minimum atomic E-state index is -4.20. The minimum absolute atomic E-state index is 0.0180. The molecule has 5 nitrogen and oxygen atoms in total. The molecule has 8 heteroatoms. The van der Waals surface area contributed by atoms with Crippen LogP contribution in [0, 0.1) is 12.8 Å². The topological polar surface area (TPSA) is 78.6 Å². The predicted octanol–water partition coefficient (Wildman–Crippen LogP) is 3.10. The Bertz CT molecular complexity index is 609. The third-order valence-electron chi connectivity index (χ3n) is 4.33. The number of nitrogens with two attached hydrogens (primary N) is 1. The Kier molecular flexibility index (Phi) is 4.63. The van der Waals surface area contributed by atoms with Crippen LogP contribution in [0.5, 0.6) is 0 Å². The molecule has 1 aliphatic heterocycles. The molecule has 0 amide bonds. The molecule has 0 bridgehead atoms. The number of nitrogens with one attached hydrogen (secondary N) is 1. The highest BCUT2D eigenvalue weighted by molar-refractivity contribution is 5.99. The number of hydrogen-bond donors (Lipinski definition) is 3. The third kappa shape index (κ3) is 3.30. The van der Waals surface area contributed by atoms with Gasteiger partial charge in [-0.15, -0.1) is 0 Å². The Morgan fingerprint density at radius 3 is 2.39 bits per heavy atom. The van der Waals surface area contributed by atoms with Crippen LogP contribution < -0.4 is 16.0 Å². The molecule has 1 fully saturated rings. The van der Waals surface area contributed by atoms with E-state index in [9.17, 15) is 23.1 Å². The van der Waals surface area contributed by atoms with Gasteiger partial charge in [-0.25, -0.2) is 4.79 Å². The molecule has 1 saturated heterocycles. The lowest BCUT2D eigenvalue weighted by Gasteiger charge is -2.36. The summed E-state index contributed by atoms with van der Waals surface area (Å²) in [6, 6.07) is 1.35. The molecule has 0 spiro atoms. The summed E-state index contributed by atoms with van der Waals surface area (Å²) in [6.07, 6.45) is -4.28. The predicted molar refractivity (Wildman–Crippen MR) is 83.1 cm³/mol. The zero-order chi connectivity index (χ0) is 17.4. The number of carbonyl (C=O) groups is 1. The summed E-state index contributed by atoms with van der Waals surface area (Å²) in [5.74, 6) is -2.47. The molecule has 4 N–H and O–H groups in total. The van der Waals surface area contributed by atoms with Gasteiger partial charge in [-0.05, 0) is 31.4 Å². The van der Waals surface area contributed by atoms with Gasteiger partial charge in [-0.2, -0.15) is 13.2 Å². The van der Waals surface area contributed by atoms with E-state index in [1.807, 2.05) is 0 Å². The molecule has 1 heterocycles. The van der Waals surface area contributed by atoms with Crippen molar-refractivity contribution >= 4 is 23.0 Å². The Labute approximate surface area is 132 Å². The van der Waals surface area contributed by atoms with E-state index in [4.69, 9.17) is 5.73 Å². The molecule has 1 aliphatic rings. The van der Waals surface area contributed by atoms with Gasteiger partial charge in [0.25, 0.3) is 0 Å². The van der Waals surface area contributed by atoms with E-state index in [0.717, 1.165) is 0 Å². The average Bonchev–Trinajstić information content (AvgIpc) is 2.46. The number of alkyl halides is 3. The number of nitrogens with zero attached hydrogens (tertiary/aromatic N) is 1. The van der Waals surface area contributed by atoms with Crippen molar-refractivity contribution in [3.63, 3.8) is 0 Å². The first-order valence-electron chi connectivity index (χ1n) is 7.32. The molecule has 0 radical (unpaired) electrons. The molecular weight excluding hydrogens is 311 g/mol. The van der Waals surface area contributed by atoms with Crippen LogP contribution in [-0.4, -0.2) is 37.4 Å². The largest absolute Gasteiger partial charge is 0.478 e. The molecule has 0 atom stereocenters. The second-order valence-electron chi connectivity index (χ2n) is 5.72. The number of anilines is 3. The summed E-state index contributed by atoms with van der Waals surface area (Å²) in [4.78, 5) is 13.2. The second-order valence-corrected chi connectivity index (χ2v) is 5.72. The van der Waals surface area contributed by atoms with Crippen LogP contribution in [0.2, 0.25) is 0 Å². The first kappa shape index (κ1) is 17.2. The van der Waals surface area contributed by atoms with Gasteiger partial charge in [0.1, 0.15) is 0 Å². The summed E-state index contributed by atoms with van der Waals surface area (Å²) in [7, 11) is 1.67. The minimum Gasteiger partial charge on any atom is -0.478 e. The van der Waals surface area contributed by atoms with Crippen molar-refractivity contribution in [2.24, 2.45) is 5.92 Å². The fourth-order valence-corrected chi connectivity index (χ4v) is 3.17. The smallest absolute Gasteiger partial charge is 0.391 e. The van der Waals surface area contributed by atoms with E-state index in [1.54, 1.807) is 18.9 Å². The van der Waals surface area contributed by atoms with Gasteiger partial charge in [-0.1, -0.05) is 0 Å². The number of hydrogen-bond acceptors (Lipinski definition) is 4. The summed E-state index contributed by atoms with van der Waals surface area (Å²) in [5.41, 5.74) is 7.85. The highest BCUT2D eigenvalue weighted by atomic mass is 19.4. The van der Waals surface area contributed by atoms with E-state index in [2.05, 4.69) is 5.32 Å². The maximum absolute atomic E-state index is 12.8. The number of rotatable bonds is 3. The third-order valence-corrected chi connectivity index (χ3v) is 4.33. The lowest BCUT2D eigenvalue weighted by atomic mass is 9.94. The van der Waals surface area contributed by atoms with Crippen LogP contribution in [-0.2, 0) is 0 Å². The highest BCUT2D eigenvalue weighted by Gasteiger charge is 2.41. The number of benzene rings is 1. The molecule has 1 aromatic rings. The molecule has 0 unspecified atom stereocenters. The van der Waals surface area contributed by atoms with Crippen molar-refractivity contribution in [1.82, 2.24) is 0 Å². The number of aromatic carboxylic acids is 1. The number of carboxylic acid groups (broad SMARTS) is 1. The van der Waals surface area contributed by atoms with Crippen molar-refractivity contribution in [3.8, 4) is 0 Å². The summed E-state index contributed by atoms with van der Waals surface area (Å²) >= 11 is 0. The molecule has 128 valence electrons. The first-order chi connectivity index (χ1) is 10.7. The number of nitrogen functional groups attached to an aromatic ring is 1. The second kappa shape index (κ2) is 6.17. The van der Waals surface area contributed by atoms with Crippen molar-refractivity contribution in [2.75, 3.05) is 36.1 Å². The van der Waals surface area contributed by atoms with Crippen molar-refractivity contribution in [1.29, 1.82) is 0 Å². The standard InChI is InChI=1S/C15H20F3N3O2/c1-8-12(20-2)11(19)7-10(14(22)23)13(8)21-5-3-9(4-6-21)15(16,17)18/h7,9,20H,3-6,19H2,1-2H3,(H,22,23). The summed E-state index contributed by atoms with van der Waals surface area (Å²) in [5, 5.41) is 12.3. The molecule has 23 heavy (non-hydrogen) atoms. The number of carboxylic acids is 1. The Hall–Kier alpha value is -2.12. The van der Waals surface area contributed by atoms with Gasteiger partial charge in [0, 0.05) is 20.1 Å². The van der Waals surface area contributed by atoms with Crippen LogP contribution in [0.4, 0.5) is 30.2 Å². The van der Waals surface area contributed by atoms with Crippen molar-refractivity contribution in [3.05, 3.63) is 17.2 Å². The van der Waals surface area contributed by atoms with Gasteiger partial charge in [0.15, 0.2) is 0 Å². The lowest BCUT2D eigenvalue weighted by Crippen LogP contribution is -2.40. The summed E-state index contributed by atoms with van der Waals surface area (Å²) < 4.78 is 38.4. The van der Waals surface area contributed by atoms with E-state index >= 15 is 0 Å². The fourth-order valence-electron chi connectivity index (χ4n) is 3.17. The fraction of sp³-hybridized carbons (Fsp3) is 0.533. The quantitative estimate of drug-likeness (QED) is 0.742. The van der Waals surface area contributed by atoms with E-state index in [0.29, 0.717) is 22.6 Å². The number of halogens is 3. The van der Waals surface area contributed by atoms with Crippen LogP contribution in [0.25, 0.3) is 0 Å². The first-order valence-corrected chi connectivity index (χ1v) is 7.32. The molecular formula is C15H20F3N3O2. The lowest BCUT2D eigenvalue weighted by molar-refractivity contribution is -0.179. The Balaban J connectivity index is 2.38. The molecule has 0 aromatic heterocycles. The molecule has 2 rings (SSSR count). The Morgan fingerprint density at radius 2 is 1.96 bits per heavy atom. The maximum Gasteiger partial charge on any atom is 0.391 e. The zero-order valence-corrected chi connectivity index (χ0v) is 13.0. The normalized spacial score (nSPS) is 16.5. The SMILES string of the molecule is CNc1c(N)cc(C(=O)O)c(N2CCC(C(F)(F)F)CC2)c1C. The van der Waals surface area contributed by atoms with E-state index < -0.39 is 18.1 Å². The summed E-state index contributed by atoms with van der Waals surface area (Å²) in [6.45, 7) is 2.05. The van der Waals surface area contributed by atoms with Crippen molar-refractivity contribution in [2.45, 2.75) is 25.9 Å². The van der Waals surface area contributed by atoms with Gasteiger partial charge in [0.2, 0.25) is 0 Å². The van der Waals surface area contributed by atoms with Gasteiger partial charge >= 0.3 is 12.1 Å². The molecule has 0 saturated carbocycles. The average molecular weight is 331 g/mol. The zero-order valence-electron chi connectivity index (χ0n) is 13.0. The number of piperidine rings is 1. The van der Waals surface area contributed by atoms with Crippen LogP contribution in [0.15, 0.2) is 6.07 Å². The molecule has 1 aromatic carbocycles. The van der Waals surface area contributed by atoms with E-state index in [1.165, 1.54) is 6.07 Å². The Morgan fingerprint density at radius 1 is 1.39 bits per heavy atom.